The first kappa shape index (κ1) is 7.96. The van der Waals surface area contributed by atoms with Gasteiger partial charge in [-0.1, -0.05) is 20.8 Å². The molecule has 0 fully saturated rings. The molecule has 0 aliphatic heterocycles. The van der Waals surface area contributed by atoms with E-state index in [-0.39, 0.29) is 0 Å². The molecular weight excluding hydrogens is 98.1 g/mol. The maximum Gasteiger partial charge on any atom is 0.0740 e. The van der Waals surface area contributed by atoms with Crippen molar-refractivity contribution in [1.82, 2.24) is 0 Å². The summed E-state index contributed by atoms with van der Waals surface area (Å²) in [6.45, 7) is 7.88. The van der Waals surface area contributed by atoms with Gasteiger partial charge in [0, 0.05) is 0 Å². The van der Waals surface area contributed by atoms with Gasteiger partial charge in [0.05, 0.1) is 6.54 Å². The predicted molar refractivity (Wildman–Crippen MR) is 36.4 cm³/mol. The minimum Gasteiger partial charge on any atom is -0.358 e. The first-order chi connectivity index (χ1) is 3.56. The lowest BCUT2D eigenvalue weighted by atomic mass is 9.91. The molecule has 1 heteroatoms. The summed E-state index contributed by atoms with van der Waals surface area (Å²) in [5, 5.41) is 0. The number of rotatable bonds is 2. The van der Waals surface area contributed by atoms with Crippen molar-refractivity contribution in [2.24, 2.45) is 5.41 Å². The molecule has 0 aromatic heterocycles. The lowest BCUT2D eigenvalue weighted by Crippen LogP contribution is -2.50. The fourth-order valence-corrected chi connectivity index (χ4v) is 0.655. The van der Waals surface area contributed by atoms with E-state index in [0.29, 0.717) is 5.41 Å². The van der Waals surface area contributed by atoms with Gasteiger partial charge in [-0.25, -0.2) is 0 Å². The summed E-state index contributed by atoms with van der Waals surface area (Å²) < 4.78 is 0. The topological polar surface area (TPSA) is 27.6 Å². The minimum absolute atomic E-state index is 0.512. The highest BCUT2D eigenvalue weighted by molar-refractivity contribution is 4.59. The van der Waals surface area contributed by atoms with Crippen LogP contribution in [0.3, 0.4) is 0 Å². The molecule has 0 aromatic rings. The highest BCUT2D eigenvalue weighted by Gasteiger charge is 2.08. The second-order valence-electron chi connectivity index (χ2n) is 3.52. The largest absolute Gasteiger partial charge is 0.358 e. The van der Waals surface area contributed by atoms with E-state index in [1.54, 1.807) is 0 Å². The average Bonchev–Trinajstić information content (AvgIpc) is 1.59. The van der Waals surface area contributed by atoms with Crippen LogP contribution < -0.4 is 5.73 Å². The standard InChI is InChI=1S/C7H17N/c1-7(2,3)5-4-6-8/h4-6,8H2,1-3H3/p+1. The van der Waals surface area contributed by atoms with Crippen LogP contribution in [0.4, 0.5) is 0 Å². The Morgan fingerprint density at radius 1 is 1.25 bits per heavy atom. The van der Waals surface area contributed by atoms with Gasteiger partial charge in [0.1, 0.15) is 0 Å². The van der Waals surface area contributed by atoms with Crippen molar-refractivity contribution in [2.45, 2.75) is 33.6 Å². The van der Waals surface area contributed by atoms with Crippen molar-refractivity contribution in [3.8, 4) is 0 Å². The van der Waals surface area contributed by atoms with Crippen molar-refractivity contribution in [3.05, 3.63) is 0 Å². The van der Waals surface area contributed by atoms with Gasteiger partial charge < -0.3 is 5.73 Å². The Kier molecular flexibility index (Phi) is 3.06. The molecule has 0 bridgehead atoms. The van der Waals surface area contributed by atoms with Gasteiger partial charge >= 0.3 is 0 Å². The molecular formula is C7H18N+. The molecule has 0 amide bonds. The third-order valence-electron chi connectivity index (χ3n) is 1.18. The van der Waals surface area contributed by atoms with E-state index in [2.05, 4.69) is 26.5 Å². The van der Waals surface area contributed by atoms with Crippen LogP contribution in [0.5, 0.6) is 0 Å². The van der Waals surface area contributed by atoms with Crippen LogP contribution in [0.25, 0.3) is 0 Å². The van der Waals surface area contributed by atoms with Crippen LogP contribution in [-0.4, -0.2) is 6.54 Å². The molecule has 1 nitrogen and oxygen atoms in total. The summed E-state index contributed by atoms with van der Waals surface area (Å²) in [6, 6.07) is 0. The Hall–Kier alpha value is -0.0400. The Labute approximate surface area is 52.3 Å². The van der Waals surface area contributed by atoms with E-state index in [1.165, 1.54) is 12.8 Å². The summed E-state index contributed by atoms with van der Waals surface area (Å²) in [5.74, 6) is 0. The van der Waals surface area contributed by atoms with E-state index < -0.39 is 0 Å². The van der Waals surface area contributed by atoms with Crippen molar-refractivity contribution >= 4 is 0 Å². The smallest absolute Gasteiger partial charge is 0.0740 e. The quantitative estimate of drug-likeness (QED) is 0.558. The molecule has 0 aliphatic rings. The molecule has 0 rings (SSSR count). The van der Waals surface area contributed by atoms with Crippen LogP contribution in [0.1, 0.15) is 33.6 Å². The average molecular weight is 116 g/mol. The molecule has 0 aliphatic carbocycles. The summed E-state index contributed by atoms with van der Waals surface area (Å²) in [4.78, 5) is 0. The first-order valence-corrected chi connectivity index (χ1v) is 3.35. The van der Waals surface area contributed by atoms with E-state index in [1.807, 2.05) is 0 Å². The van der Waals surface area contributed by atoms with Crippen LogP contribution >= 0.6 is 0 Å². The fourth-order valence-electron chi connectivity index (χ4n) is 0.655. The van der Waals surface area contributed by atoms with Crippen LogP contribution in [0, 0.1) is 5.41 Å². The highest BCUT2D eigenvalue weighted by Crippen LogP contribution is 2.19. The maximum atomic E-state index is 3.79. The molecule has 0 unspecified atom stereocenters. The van der Waals surface area contributed by atoms with Crippen molar-refractivity contribution in [1.29, 1.82) is 0 Å². The Morgan fingerprint density at radius 3 is 1.88 bits per heavy atom. The summed E-state index contributed by atoms with van der Waals surface area (Å²) in [7, 11) is 0. The number of hydrogen-bond donors (Lipinski definition) is 1. The lowest BCUT2D eigenvalue weighted by molar-refractivity contribution is -0.369. The van der Waals surface area contributed by atoms with Gasteiger partial charge in [-0.05, 0) is 18.3 Å². The van der Waals surface area contributed by atoms with Gasteiger partial charge in [-0.15, -0.1) is 0 Å². The van der Waals surface area contributed by atoms with Crippen molar-refractivity contribution < 1.29 is 5.73 Å². The molecule has 0 aromatic carbocycles. The third-order valence-corrected chi connectivity index (χ3v) is 1.18. The third kappa shape index (κ3) is 5.96. The Balaban J connectivity index is 3.11. The van der Waals surface area contributed by atoms with Gasteiger partial charge in [-0.3, -0.25) is 0 Å². The molecule has 0 spiro atoms. The molecule has 0 saturated carbocycles. The monoisotopic (exact) mass is 116 g/mol. The SMILES string of the molecule is CC(C)(C)CCC[NH3+]. The number of quaternary nitrogens is 1. The zero-order valence-corrected chi connectivity index (χ0v) is 6.33. The van der Waals surface area contributed by atoms with Gasteiger partial charge in [0.25, 0.3) is 0 Å². The summed E-state index contributed by atoms with van der Waals surface area (Å²) in [6.07, 6.45) is 2.57. The van der Waals surface area contributed by atoms with Gasteiger partial charge in [0.2, 0.25) is 0 Å². The molecule has 8 heavy (non-hydrogen) atoms. The van der Waals surface area contributed by atoms with Crippen LogP contribution in [0.2, 0.25) is 0 Å². The van der Waals surface area contributed by atoms with E-state index >= 15 is 0 Å². The van der Waals surface area contributed by atoms with Gasteiger partial charge in [0.15, 0.2) is 0 Å². The Bertz CT molecular complexity index is 51.9. The van der Waals surface area contributed by atoms with Crippen molar-refractivity contribution in [3.63, 3.8) is 0 Å². The van der Waals surface area contributed by atoms with E-state index in [9.17, 15) is 0 Å². The summed E-state index contributed by atoms with van der Waals surface area (Å²) in [5.41, 5.74) is 4.30. The highest BCUT2D eigenvalue weighted by atomic mass is 14.5. The van der Waals surface area contributed by atoms with Crippen LogP contribution in [-0.2, 0) is 0 Å². The predicted octanol–water partition coefficient (Wildman–Crippen LogP) is 1.05. The zero-order chi connectivity index (χ0) is 6.62. The molecule has 0 saturated heterocycles. The number of hydrogen-bond acceptors (Lipinski definition) is 0. The lowest BCUT2D eigenvalue weighted by Gasteiger charge is -2.15. The molecule has 50 valence electrons. The van der Waals surface area contributed by atoms with E-state index in [0.717, 1.165) is 6.54 Å². The zero-order valence-electron chi connectivity index (χ0n) is 6.33. The first-order valence-electron chi connectivity index (χ1n) is 3.35. The molecule has 3 N–H and O–H groups in total. The van der Waals surface area contributed by atoms with E-state index in [4.69, 9.17) is 0 Å². The normalized spacial score (nSPS) is 12.0. The second kappa shape index (κ2) is 3.08. The molecule has 0 atom stereocenters. The van der Waals surface area contributed by atoms with Crippen molar-refractivity contribution in [2.75, 3.05) is 6.54 Å². The molecule has 0 heterocycles. The minimum atomic E-state index is 0.512. The molecule has 0 radical (unpaired) electrons. The summed E-state index contributed by atoms with van der Waals surface area (Å²) >= 11 is 0. The maximum absolute atomic E-state index is 3.79. The second-order valence-corrected chi connectivity index (χ2v) is 3.52. The van der Waals surface area contributed by atoms with Crippen LogP contribution in [0.15, 0.2) is 0 Å². The Morgan fingerprint density at radius 2 is 1.75 bits per heavy atom. The fraction of sp³-hybridized carbons (Fsp3) is 1.00. The van der Waals surface area contributed by atoms with Gasteiger partial charge in [-0.2, -0.15) is 0 Å².